The topological polar surface area (TPSA) is 61.0 Å². The van der Waals surface area contributed by atoms with Gasteiger partial charge >= 0.3 is 0 Å². The maximum atomic E-state index is 5.80. The number of benzene rings is 1. The number of anilines is 1. The highest BCUT2D eigenvalue weighted by molar-refractivity contribution is 5.54. The van der Waals surface area contributed by atoms with E-state index in [4.69, 9.17) is 10.5 Å². The van der Waals surface area contributed by atoms with Crippen LogP contribution in [0.25, 0.3) is 0 Å². The first-order valence-corrected chi connectivity index (χ1v) is 4.97. The quantitative estimate of drug-likeness (QED) is 0.782. The Balaban J connectivity index is 2.32. The van der Waals surface area contributed by atoms with Gasteiger partial charge in [0.25, 0.3) is 0 Å². The molecule has 82 valence electrons. The van der Waals surface area contributed by atoms with Crippen LogP contribution in [0.3, 0.4) is 0 Å². The monoisotopic (exact) mass is 215 g/mol. The van der Waals surface area contributed by atoms with Crippen molar-refractivity contribution in [2.45, 2.75) is 13.8 Å². The van der Waals surface area contributed by atoms with Gasteiger partial charge in [-0.3, -0.25) is 4.98 Å². The van der Waals surface area contributed by atoms with E-state index in [0.29, 0.717) is 5.88 Å². The molecule has 0 radical (unpaired) electrons. The van der Waals surface area contributed by atoms with Gasteiger partial charge in [0, 0.05) is 18.1 Å². The Kier molecular flexibility index (Phi) is 2.72. The summed E-state index contributed by atoms with van der Waals surface area (Å²) >= 11 is 0. The number of rotatable bonds is 2. The summed E-state index contributed by atoms with van der Waals surface area (Å²) in [7, 11) is 0. The van der Waals surface area contributed by atoms with E-state index in [1.165, 1.54) is 0 Å². The van der Waals surface area contributed by atoms with Crippen molar-refractivity contribution in [1.82, 2.24) is 9.97 Å². The van der Waals surface area contributed by atoms with E-state index in [0.717, 1.165) is 22.6 Å². The molecule has 0 unspecified atom stereocenters. The van der Waals surface area contributed by atoms with Crippen LogP contribution in [0.2, 0.25) is 0 Å². The fraction of sp³-hybridized carbons (Fsp3) is 0.167. The molecule has 16 heavy (non-hydrogen) atoms. The standard InChI is InChI=1S/C12H13N3O/c1-8-6-11(9(2)5-10(8)13)16-12-7-14-3-4-15-12/h3-7H,13H2,1-2H3. The van der Waals surface area contributed by atoms with E-state index in [1.54, 1.807) is 18.6 Å². The van der Waals surface area contributed by atoms with Gasteiger partial charge in [0.1, 0.15) is 5.75 Å². The molecular weight excluding hydrogens is 202 g/mol. The SMILES string of the molecule is Cc1cc(Oc2cnccn2)c(C)cc1N. The highest BCUT2D eigenvalue weighted by Gasteiger charge is 2.05. The molecule has 0 aliphatic rings. The van der Waals surface area contributed by atoms with Gasteiger partial charge in [-0.25, -0.2) is 4.98 Å². The highest BCUT2D eigenvalue weighted by atomic mass is 16.5. The summed E-state index contributed by atoms with van der Waals surface area (Å²) in [5.74, 6) is 1.24. The number of nitrogens with zero attached hydrogens (tertiary/aromatic N) is 2. The van der Waals surface area contributed by atoms with Crippen molar-refractivity contribution in [3.8, 4) is 11.6 Å². The van der Waals surface area contributed by atoms with E-state index in [-0.39, 0.29) is 0 Å². The predicted molar refractivity (Wildman–Crippen MR) is 62.4 cm³/mol. The number of nitrogens with two attached hydrogens (primary N) is 1. The van der Waals surface area contributed by atoms with Crippen LogP contribution in [0.1, 0.15) is 11.1 Å². The molecule has 0 amide bonds. The third kappa shape index (κ3) is 2.11. The van der Waals surface area contributed by atoms with Gasteiger partial charge in [0.2, 0.25) is 5.88 Å². The molecule has 0 fully saturated rings. The molecule has 0 spiro atoms. The van der Waals surface area contributed by atoms with E-state index < -0.39 is 0 Å². The largest absolute Gasteiger partial charge is 0.437 e. The molecule has 0 aliphatic heterocycles. The highest BCUT2D eigenvalue weighted by Crippen LogP contribution is 2.27. The lowest BCUT2D eigenvalue weighted by Crippen LogP contribution is -1.95. The van der Waals surface area contributed by atoms with Crippen molar-refractivity contribution in [2.75, 3.05) is 5.73 Å². The minimum absolute atomic E-state index is 0.481. The van der Waals surface area contributed by atoms with Gasteiger partial charge in [-0.2, -0.15) is 0 Å². The summed E-state index contributed by atoms with van der Waals surface area (Å²) in [6.07, 6.45) is 4.77. The van der Waals surface area contributed by atoms with Crippen molar-refractivity contribution < 1.29 is 4.74 Å². The van der Waals surface area contributed by atoms with Crippen molar-refractivity contribution in [1.29, 1.82) is 0 Å². The zero-order chi connectivity index (χ0) is 11.5. The summed E-state index contributed by atoms with van der Waals surface area (Å²) in [5, 5.41) is 0. The van der Waals surface area contributed by atoms with Crippen LogP contribution in [0.5, 0.6) is 11.6 Å². The molecule has 0 saturated heterocycles. The van der Waals surface area contributed by atoms with Gasteiger partial charge in [-0.15, -0.1) is 0 Å². The van der Waals surface area contributed by atoms with Gasteiger partial charge in [-0.05, 0) is 37.1 Å². The second-order valence-corrected chi connectivity index (χ2v) is 3.62. The van der Waals surface area contributed by atoms with Crippen molar-refractivity contribution in [3.05, 3.63) is 41.9 Å². The summed E-state index contributed by atoms with van der Waals surface area (Å²) in [6.45, 7) is 3.89. The van der Waals surface area contributed by atoms with Crippen LogP contribution in [-0.2, 0) is 0 Å². The predicted octanol–water partition coefficient (Wildman–Crippen LogP) is 2.47. The lowest BCUT2D eigenvalue weighted by atomic mass is 10.1. The van der Waals surface area contributed by atoms with E-state index in [2.05, 4.69) is 9.97 Å². The molecular formula is C12H13N3O. The first-order valence-electron chi connectivity index (χ1n) is 4.97. The van der Waals surface area contributed by atoms with Crippen molar-refractivity contribution in [2.24, 2.45) is 0 Å². The first-order chi connectivity index (χ1) is 7.66. The minimum atomic E-state index is 0.481. The van der Waals surface area contributed by atoms with Crippen molar-refractivity contribution in [3.63, 3.8) is 0 Å². The molecule has 0 saturated carbocycles. The normalized spacial score (nSPS) is 10.1. The lowest BCUT2D eigenvalue weighted by Gasteiger charge is -2.09. The fourth-order valence-corrected chi connectivity index (χ4v) is 1.37. The van der Waals surface area contributed by atoms with E-state index in [1.807, 2.05) is 26.0 Å². The molecule has 0 aliphatic carbocycles. The second kappa shape index (κ2) is 4.18. The zero-order valence-corrected chi connectivity index (χ0v) is 9.27. The molecule has 0 atom stereocenters. The van der Waals surface area contributed by atoms with E-state index >= 15 is 0 Å². The molecule has 0 bridgehead atoms. The zero-order valence-electron chi connectivity index (χ0n) is 9.27. The summed E-state index contributed by atoms with van der Waals surface area (Å²) in [4.78, 5) is 7.99. The van der Waals surface area contributed by atoms with E-state index in [9.17, 15) is 0 Å². The Morgan fingerprint density at radius 1 is 1.12 bits per heavy atom. The molecule has 1 heterocycles. The number of aromatic nitrogens is 2. The minimum Gasteiger partial charge on any atom is -0.437 e. The Hall–Kier alpha value is -2.10. The number of nitrogen functional groups attached to an aromatic ring is 1. The molecule has 4 nitrogen and oxygen atoms in total. The molecule has 4 heteroatoms. The number of ether oxygens (including phenoxy) is 1. The Labute approximate surface area is 94.1 Å². The molecule has 1 aromatic heterocycles. The number of aryl methyl sites for hydroxylation is 2. The van der Waals surface area contributed by atoms with Crippen LogP contribution >= 0.6 is 0 Å². The van der Waals surface area contributed by atoms with Gasteiger partial charge in [0.15, 0.2) is 0 Å². The second-order valence-electron chi connectivity index (χ2n) is 3.62. The van der Waals surface area contributed by atoms with Gasteiger partial charge in [0.05, 0.1) is 6.20 Å². The lowest BCUT2D eigenvalue weighted by molar-refractivity contribution is 0.456. The van der Waals surface area contributed by atoms with Crippen LogP contribution in [0, 0.1) is 13.8 Å². The Bertz CT molecular complexity index is 497. The third-order valence-electron chi connectivity index (χ3n) is 2.32. The average Bonchev–Trinajstić information content (AvgIpc) is 2.27. The maximum Gasteiger partial charge on any atom is 0.237 e. The van der Waals surface area contributed by atoms with Crippen molar-refractivity contribution >= 4 is 5.69 Å². The third-order valence-corrected chi connectivity index (χ3v) is 2.32. The first kappa shape index (κ1) is 10.4. The Morgan fingerprint density at radius 3 is 2.62 bits per heavy atom. The number of hydrogen-bond acceptors (Lipinski definition) is 4. The summed E-state index contributed by atoms with van der Waals surface area (Å²) in [6, 6.07) is 3.79. The van der Waals surface area contributed by atoms with Gasteiger partial charge < -0.3 is 10.5 Å². The van der Waals surface area contributed by atoms with Crippen LogP contribution in [-0.4, -0.2) is 9.97 Å². The van der Waals surface area contributed by atoms with Crippen LogP contribution in [0.15, 0.2) is 30.7 Å². The summed E-state index contributed by atoms with van der Waals surface area (Å²) in [5.41, 5.74) is 8.54. The van der Waals surface area contributed by atoms with Crippen LogP contribution in [0.4, 0.5) is 5.69 Å². The van der Waals surface area contributed by atoms with Crippen LogP contribution < -0.4 is 10.5 Å². The molecule has 1 aromatic carbocycles. The smallest absolute Gasteiger partial charge is 0.237 e. The molecule has 2 rings (SSSR count). The number of hydrogen-bond donors (Lipinski definition) is 1. The summed E-state index contributed by atoms with van der Waals surface area (Å²) < 4.78 is 5.62. The molecule has 2 aromatic rings. The fourth-order valence-electron chi connectivity index (χ4n) is 1.37. The maximum absolute atomic E-state index is 5.80. The Morgan fingerprint density at radius 2 is 1.94 bits per heavy atom. The van der Waals surface area contributed by atoms with Gasteiger partial charge in [-0.1, -0.05) is 0 Å². The molecule has 2 N–H and O–H groups in total. The average molecular weight is 215 g/mol.